The molecule has 0 radical (unpaired) electrons. The molecule has 4 aromatic carbocycles. The number of phenols is 4. The van der Waals surface area contributed by atoms with Crippen molar-refractivity contribution < 1.29 is 20.4 Å². The summed E-state index contributed by atoms with van der Waals surface area (Å²) in [4.78, 5) is 0. The molecule has 0 aliphatic rings. The smallest absolute Gasteiger partial charge is 0.118 e. The van der Waals surface area contributed by atoms with Gasteiger partial charge in [0.25, 0.3) is 0 Å². The Morgan fingerprint density at radius 2 is 0.659 bits per heavy atom. The maximum Gasteiger partial charge on any atom is 0.118 e. The molecule has 4 rings (SSSR count). The summed E-state index contributed by atoms with van der Waals surface area (Å²) >= 11 is 0. The Bertz CT molecular complexity index is 1430. The van der Waals surface area contributed by atoms with Crippen LogP contribution < -0.4 is 0 Å². The first-order valence-electron chi connectivity index (χ1n) is 16.1. The largest absolute Gasteiger partial charge is 0.508 e. The summed E-state index contributed by atoms with van der Waals surface area (Å²) < 4.78 is 0. The van der Waals surface area contributed by atoms with E-state index in [0.717, 1.165) is 60.8 Å². The van der Waals surface area contributed by atoms with Crippen LogP contribution in [0.15, 0.2) is 72.8 Å². The van der Waals surface area contributed by atoms with Crippen LogP contribution in [0.25, 0.3) is 0 Å². The van der Waals surface area contributed by atoms with Gasteiger partial charge in [-0.15, -0.1) is 0 Å². The fourth-order valence-electron chi connectivity index (χ4n) is 5.74. The van der Waals surface area contributed by atoms with E-state index < -0.39 is 0 Å². The maximum atomic E-state index is 10.0. The molecule has 0 heterocycles. The number of aryl methyl sites for hydroxylation is 4. The van der Waals surface area contributed by atoms with E-state index in [1.165, 1.54) is 22.3 Å². The highest BCUT2D eigenvalue weighted by Crippen LogP contribution is 2.37. The molecule has 0 bridgehead atoms. The molecule has 0 spiro atoms. The van der Waals surface area contributed by atoms with Gasteiger partial charge in [-0.1, -0.05) is 117 Å². The Balaban J connectivity index is 0.000000241. The number of hydrogen-bond donors (Lipinski definition) is 4. The SMILES string of the molecule is CCCc1cc(C(C)(C)c2ccc(O)c(CCC)c2)ccc1O.CCc1cc(C(C)(C)c2ccc(O)c(CC)c2)ccc1O. The predicted octanol–water partition coefficient (Wildman–Crippen LogP) is 9.88. The van der Waals surface area contributed by atoms with Crippen molar-refractivity contribution in [1.82, 2.24) is 0 Å². The van der Waals surface area contributed by atoms with Crippen molar-refractivity contribution in [2.45, 2.75) is 105 Å². The molecule has 0 aliphatic carbocycles. The van der Waals surface area contributed by atoms with Crippen LogP contribution in [0.4, 0.5) is 0 Å². The van der Waals surface area contributed by atoms with Gasteiger partial charge in [0, 0.05) is 10.8 Å². The summed E-state index contributed by atoms with van der Waals surface area (Å²) in [5.74, 6) is 1.47. The van der Waals surface area contributed by atoms with Crippen LogP contribution in [0.2, 0.25) is 0 Å². The summed E-state index contributed by atoms with van der Waals surface area (Å²) in [6.07, 6.45) is 5.41. The number of benzene rings is 4. The second-order valence-corrected chi connectivity index (χ2v) is 12.8. The van der Waals surface area contributed by atoms with E-state index in [9.17, 15) is 20.4 Å². The minimum absolute atomic E-state index is 0.171. The molecule has 0 unspecified atom stereocenters. The number of rotatable bonds is 10. The zero-order valence-electron chi connectivity index (χ0n) is 28.0. The summed E-state index contributed by atoms with van der Waals surface area (Å²) in [6.45, 7) is 17.1. The lowest BCUT2D eigenvalue weighted by Crippen LogP contribution is -2.19. The number of aromatic hydroxyl groups is 4. The molecule has 0 aliphatic heterocycles. The Hall–Kier alpha value is -3.92. The van der Waals surface area contributed by atoms with Crippen molar-refractivity contribution in [2.75, 3.05) is 0 Å². The molecular weight excluding hydrogens is 544 g/mol. The molecule has 0 saturated carbocycles. The third-order valence-corrected chi connectivity index (χ3v) is 9.01. The Kier molecular flexibility index (Phi) is 11.6. The highest BCUT2D eigenvalue weighted by Gasteiger charge is 2.26. The van der Waals surface area contributed by atoms with Crippen LogP contribution in [0.5, 0.6) is 23.0 Å². The third-order valence-electron chi connectivity index (χ3n) is 9.01. The average Bonchev–Trinajstić information content (AvgIpc) is 3.00. The van der Waals surface area contributed by atoms with Crippen molar-refractivity contribution in [3.05, 3.63) is 117 Å². The quantitative estimate of drug-likeness (QED) is 0.147. The first-order valence-corrected chi connectivity index (χ1v) is 16.1. The van der Waals surface area contributed by atoms with Crippen molar-refractivity contribution in [2.24, 2.45) is 0 Å². The van der Waals surface area contributed by atoms with Crippen LogP contribution in [0.1, 0.15) is 113 Å². The normalized spacial score (nSPS) is 11.6. The van der Waals surface area contributed by atoms with Gasteiger partial charge < -0.3 is 20.4 Å². The molecule has 0 aromatic heterocycles. The minimum atomic E-state index is -0.174. The Morgan fingerprint density at radius 1 is 0.409 bits per heavy atom. The van der Waals surface area contributed by atoms with E-state index in [0.29, 0.717) is 23.0 Å². The molecular formula is C40H52O4. The highest BCUT2D eigenvalue weighted by atomic mass is 16.3. The zero-order valence-corrected chi connectivity index (χ0v) is 28.0. The fourth-order valence-corrected chi connectivity index (χ4v) is 5.74. The lowest BCUT2D eigenvalue weighted by Gasteiger charge is -2.27. The van der Waals surface area contributed by atoms with E-state index in [4.69, 9.17) is 0 Å². The van der Waals surface area contributed by atoms with Gasteiger partial charge in [-0.2, -0.15) is 0 Å². The van der Waals surface area contributed by atoms with Gasteiger partial charge in [0.05, 0.1) is 0 Å². The number of hydrogen-bond acceptors (Lipinski definition) is 4. The van der Waals surface area contributed by atoms with E-state index in [1.54, 1.807) is 24.3 Å². The molecule has 0 saturated heterocycles. The van der Waals surface area contributed by atoms with Gasteiger partial charge in [-0.25, -0.2) is 0 Å². The molecule has 4 N–H and O–H groups in total. The summed E-state index contributed by atoms with van der Waals surface area (Å²) in [5.41, 5.74) is 8.32. The van der Waals surface area contributed by atoms with Crippen molar-refractivity contribution in [3.63, 3.8) is 0 Å². The molecule has 0 fully saturated rings. The predicted molar refractivity (Wildman–Crippen MR) is 183 cm³/mol. The molecule has 4 aromatic rings. The first-order chi connectivity index (χ1) is 20.8. The molecule has 0 atom stereocenters. The monoisotopic (exact) mass is 596 g/mol. The number of phenolic OH excluding ortho intramolecular Hbond substituents is 4. The molecule has 44 heavy (non-hydrogen) atoms. The molecule has 0 amide bonds. The lowest BCUT2D eigenvalue weighted by molar-refractivity contribution is 0.465. The third kappa shape index (κ3) is 7.77. The molecule has 4 heteroatoms. The standard InChI is InChI=1S/C21H28O2.C19H24O2/c1-5-7-15-13-17(9-11-19(15)22)21(3,4)18-10-12-20(23)16(14-18)8-6-2;1-5-13-11-15(7-9-17(13)20)19(3,4)16-8-10-18(21)14(6-2)12-16/h9-14,22-23H,5-8H2,1-4H3;7-12,20-21H,5-6H2,1-4H3. The molecule has 236 valence electrons. The summed E-state index contributed by atoms with van der Waals surface area (Å²) in [7, 11) is 0. The fraction of sp³-hybridized carbons (Fsp3) is 0.400. The van der Waals surface area contributed by atoms with Gasteiger partial charge in [0.1, 0.15) is 23.0 Å². The van der Waals surface area contributed by atoms with Gasteiger partial charge in [-0.05, 0) is 94.5 Å². The summed E-state index contributed by atoms with van der Waals surface area (Å²) in [5, 5.41) is 39.8. The van der Waals surface area contributed by atoms with Crippen molar-refractivity contribution in [1.29, 1.82) is 0 Å². The second kappa shape index (κ2) is 14.7. The van der Waals surface area contributed by atoms with Crippen LogP contribution in [0.3, 0.4) is 0 Å². The van der Waals surface area contributed by atoms with E-state index in [2.05, 4.69) is 65.8 Å². The molecule has 4 nitrogen and oxygen atoms in total. The second-order valence-electron chi connectivity index (χ2n) is 12.8. The van der Waals surface area contributed by atoms with Gasteiger partial charge in [-0.3, -0.25) is 0 Å². The van der Waals surface area contributed by atoms with E-state index >= 15 is 0 Å². The Labute approximate surface area is 265 Å². The average molecular weight is 597 g/mol. The van der Waals surface area contributed by atoms with Crippen molar-refractivity contribution >= 4 is 0 Å². The Morgan fingerprint density at radius 3 is 0.909 bits per heavy atom. The maximum absolute atomic E-state index is 10.0. The van der Waals surface area contributed by atoms with Crippen molar-refractivity contribution in [3.8, 4) is 23.0 Å². The first kappa shape index (κ1) is 34.6. The van der Waals surface area contributed by atoms with Gasteiger partial charge in [0.15, 0.2) is 0 Å². The van der Waals surface area contributed by atoms with Crippen LogP contribution in [0, 0.1) is 0 Å². The van der Waals surface area contributed by atoms with Crippen LogP contribution in [-0.4, -0.2) is 20.4 Å². The van der Waals surface area contributed by atoms with E-state index in [-0.39, 0.29) is 10.8 Å². The minimum Gasteiger partial charge on any atom is -0.508 e. The topological polar surface area (TPSA) is 80.9 Å². The zero-order chi connectivity index (χ0) is 32.7. The van der Waals surface area contributed by atoms with Crippen LogP contribution >= 0.6 is 0 Å². The van der Waals surface area contributed by atoms with Gasteiger partial charge >= 0.3 is 0 Å². The van der Waals surface area contributed by atoms with Crippen LogP contribution in [-0.2, 0) is 36.5 Å². The lowest BCUT2D eigenvalue weighted by atomic mass is 9.76. The van der Waals surface area contributed by atoms with Gasteiger partial charge in [0.2, 0.25) is 0 Å². The van der Waals surface area contributed by atoms with E-state index in [1.807, 2.05) is 38.1 Å². The highest BCUT2D eigenvalue weighted by molar-refractivity contribution is 5.48. The summed E-state index contributed by atoms with van der Waals surface area (Å²) in [6, 6.07) is 23.5.